The second-order valence-electron chi connectivity index (χ2n) is 4.46. The fraction of sp³-hybridized carbons (Fsp3) is 0.700. The lowest BCUT2D eigenvalue weighted by atomic mass is 9.96. The molecule has 4 nitrogen and oxygen atoms in total. The molecule has 2 N–H and O–H groups in total. The summed E-state index contributed by atoms with van der Waals surface area (Å²) in [4.78, 5) is 10.9. The molecule has 14 heavy (non-hydrogen) atoms. The number of aliphatic hydroxyl groups is 2. The topological polar surface area (TPSA) is 66.8 Å². The standard InChI is InChI=1S/C10H16O4/c1-9(2,12)5-4-7-10(3,13)6-8(11)14-7/h4-5,7,12-13H,6H2,1-3H3/b5-4+/t7-,10+/m1/s1. The Morgan fingerprint density at radius 1 is 1.64 bits per heavy atom. The molecular formula is C10H16O4. The van der Waals surface area contributed by atoms with Crippen LogP contribution in [0.4, 0.5) is 0 Å². The van der Waals surface area contributed by atoms with Crippen LogP contribution in [0.3, 0.4) is 0 Å². The van der Waals surface area contributed by atoms with Gasteiger partial charge < -0.3 is 14.9 Å². The first kappa shape index (κ1) is 11.2. The van der Waals surface area contributed by atoms with Crippen LogP contribution in [0.25, 0.3) is 0 Å². The second-order valence-corrected chi connectivity index (χ2v) is 4.46. The van der Waals surface area contributed by atoms with E-state index in [-0.39, 0.29) is 6.42 Å². The lowest BCUT2D eigenvalue weighted by Gasteiger charge is -2.20. The minimum absolute atomic E-state index is 0.00609. The third-order valence-corrected chi connectivity index (χ3v) is 2.05. The molecule has 0 aromatic rings. The summed E-state index contributed by atoms with van der Waals surface area (Å²) < 4.78 is 4.89. The molecule has 1 aliphatic heterocycles. The van der Waals surface area contributed by atoms with Crippen molar-refractivity contribution in [3.63, 3.8) is 0 Å². The van der Waals surface area contributed by atoms with Crippen LogP contribution in [0.2, 0.25) is 0 Å². The van der Waals surface area contributed by atoms with Crippen molar-refractivity contribution < 1.29 is 19.7 Å². The number of ether oxygens (including phenoxy) is 1. The third kappa shape index (κ3) is 2.82. The fourth-order valence-electron chi connectivity index (χ4n) is 1.27. The minimum Gasteiger partial charge on any atom is -0.455 e. The zero-order chi connectivity index (χ0) is 11.0. The van der Waals surface area contributed by atoms with Gasteiger partial charge in [0.05, 0.1) is 12.0 Å². The molecule has 1 saturated heterocycles. The maximum Gasteiger partial charge on any atom is 0.309 e. The van der Waals surface area contributed by atoms with E-state index in [1.54, 1.807) is 13.8 Å². The van der Waals surface area contributed by atoms with E-state index in [4.69, 9.17) is 4.74 Å². The highest BCUT2D eigenvalue weighted by molar-refractivity contribution is 5.74. The summed E-state index contributed by atoms with van der Waals surface area (Å²) >= 11 is 0. The molecule has 1 fully saturated rings. The molecule has 2 atom stereocenters. The molecule has 1 aliphatic rings. The number of hydrogen-bond acceptors (Lipinski definition) is 4. The van der Waals surface area contributed by atoms with Crippen LogP contribution in [-0.2, 0) is 9.53 Å². The van der Waals surface area contributed by atoms with Gasteiger partial charge in [-0.05, 0) is 26.8 Å². The second kappa shape index (κ2) is 3.37. The van der Waals surface area contributed by atoms with Gasteiger partial charge in [0.25, 0.3) is 0 Å². The summed E-state index contributed by atoms with van der Waals surface area (Å²) in [6, 6.07) is 0. The van der Waals surface area contributed by atoms with Crippen molar-refractivity contribution >= 4 is 5.97 Å². The first-order chi connectivity index (χ1) is 6.21. The van der Waals surface area contributed by atoms with Gasteiger partial charge in [-0.1, -0.05) is 6.08 Å². The zero-order valence-corrected chi connectivity index (χ0v) is 8.65. The Morgan fingerprint density at radius 2 is 2.21 bits per heavy atom. The molecule has 0 aromatic heterocycles. The molecule has 80 valence electrons. The van der Waals surface area contributed by atoms with Crippen molar-refractivity contribution in [2.75, 3.05) is 0 Å². The maximum atomic E-state index is 10.9. The quantitative estimate of drug-likeness (QED) is 0.499. The average molecular weight is 200 g/mol. The van der Waals surface area contributed by atoms with Gasteiger partial charge in [0.2, 0.25) is 0 Å². The number of cyclic esters (lactones) is 1. The summed E-state index contributed by atoms with van der Waals surface area (Å²) in [5.74, 6) is -0.416. The minimum atomic E-state index is -1.17. The Balaban J connectivity index is 2.71. The normalized spacial score (nSPS) is 33.8. The van der Waals surface area contributed by atoms with E-state index >= 15 is 0 Å². The SMILES string of the molecule is CC(C)(O)/C=C/[C@H]1OC(=O)C[C@]1(C)O. The molecule has 0 unspecified atom stereocenters. The molecule has 0 spiro atoms. The van der Waals surface area contributed by atoms with Gasteiger partial charge in [0, 0.05) is 0 Å². The molecule has 4 heteroatoms. The maximum absolute atomic E-state index is 10.9. The van der Waals surface area contributed by atoms with Gasteiger partial charge in [-0.15, -0.1) is 0 Å². The highest BCUT2D eigenvalue weighted by Crippen LogP contribution is 2.27. The average Bonchev–Trinajstić information content (AvgIpc) is 2.18. The van der Waals surface area contributed by atoms with Crippen LogP contribution in [0.15, 0.2) is 12.2 Å². The van der Waals surface area contributed by atoms with Crippen molar-refractivity contribution in [3.8, 4) is 0 Å². The van der Waals surface area contributed by atoms with Gasteiger partial charge in [-0.25, -0.2) is 0 Å². The summed E-state index contributed by atoms with van der Waals surface area (Å²) in [5.41, 5.74) is -2.14. The molecule has 0 amide bonds. The third-order valence-electron chi connectivity index (χ3n) is 2.05. The Labute approximate surface area is 83.2 Å². The van der Waals surface area contributed by atoms with E-state index in [9.17, 15) is 15.0 Å². The van der Waals surface area contributed by atoms with E-state index < -0.39 is 23.3 Å². The van der Waals surface area contributed by atoms with E-state index in [1.165, 1.54) is 19.1 Å². The van der Waals surface area contributed by atoms with Crippen molar-refractivity contribution in [1.82, 2.24) is 0 Å². The van der Waals surface area contributed by atoms with Crippen LogP contribution in [0.1, 0.15) is 27.2 Å². The number of carbonyl (C=O) groups excluding carboxylic acids is 1. The highest BCUT2D eigenvalue weighted by Gasteiger charge is 2.42. The van der Waals surface area contributed by atoms with Crippen LogP contribution >= 0.6 is 0 Å². The highest BCUT2D eigenvalue weighted by atomic mass is 16.6. The fourth-order valence-corrected chi connectivity index (χ4v) is 1.27. The van der Waals surface area contributed by atoms with Crippen LogP contribution in [-0.4, -0.2) is 33.5 Å². The van der Waals surface area contributed by atoms with E-state index in [0.29, 0.717) is 0 Å². The summed E-state index contributed by atoms with van der Waals surface area (Å²) in [7, 11) is 0. The lowest BCUT2D eigenvalue weighted by Crippen LogP contribution is -2.33. The summed E-state index contributed by atoms with van der Waals surface area (Å²) in [6.07, 6.45) is 2.35. The Kier molecular flexibility index (Phi) is 2.69. The van der Waals surface area contributed by atoms with Gasteiger partial charge in [0.1, 0.15) is 11.7 Å². The summed E-state index contributed by atoms with van der Waals surface area (Å²) in [5, 5.41) is 19.1. The van der Waals surface area contributed by atoms with Crippen molar-refractivity contribution in [2.45, 2.75) is 44.5 Å². The zero-order valence-electron chi connectivity index (χ0n) is 8.65. The first-order valence-electron chi connectivity index (χ1n) is 4.54. The van der Waals surface area contributed by atoms with E-state index in [2.05, 4.69) is 0 Å². The van der Waals surface area contributed by atoms with Crippen LogP contribution in [0.5, 0.6) is 0 Å². The largest absolute Gasteiger partial charge is 0.455 e. The van der Waals surface area contributed by atoms with Crippen LogP contribution in [0, 0.1) is 0 Å². The van der Waals surface area contributed by atoms with Crippen LogP contribution < -0.4 is 0 Å². The Hall–Kier alpha value is -0.870. The Morgan fingerprint density at radius 3 is 2.57 bits per heavy atom. The van der Waals surface area contributed by atoms with Gasteiger partial charge in [-0.2, -0.15) is 0 Å². The molecule has 0 aromatic carbocycles. The summed E-state index contributed by atoms with van der Waals surface area (Å²) in [6.45, 7) is 4.75. The van der Waals surface area contributed by atoms with Gasteiger partial charge in [0.15, 0.2) is 0 Å². The molecule has 0 saturated carbocycles. The van der Waals surface area contributed by atoms with Gasteiger partial charge >= 0.3 is 5.97 Å². The van der Waals surface area contributed by atoms with Gasteiger partial charge in [-0.3, -0.25) is 4.79 Å². The molecule has 0 radical (unpaired) electrons. The van der Waals surface area contributed by atoms with Crippen molar-refractivity contribution in [3.05, 3.63) is 12.2 Å². The smallest absolute Gasteiger partial charge is 0.309 e. The lowest BCUT2D eigenvalue weighted by molar-refractivity contribution is -0.140. The molecule has 0 bridgehead atoms. The first-order valence-corrected chi connectivity index (χ1v) is 4.54. The molecular weight excluding hydrogens is 184 g/mol. The predicted octanol–water partition coefficient (Wildman–Crippen LogP) is 0.380. The van der Waals surface area contributed by atoms with E-state index in [0.717, 1.165) is 0 Å². The Bertz CT molecular complexity index is 260. The number of esters is 1. The number of carbonyl (C=O) groups is 1. The molecule has 1 heterocycles. The molecule has 1 rings (SSSR count). The van der Waals surface area contributed by atoms with E-state index in [1.807, 2.05) is 0 Å². The number of hydrogen-bond donors (Lipinski definition) is 2. The monoisotopic (exact) mass is 200 g/mol. The number of rotatable bonds is 2. The predicted molar refractivity (Wildman–Crippen MR) is 50.6 cm³/mol. The van der Waals surface area contributed by atoms with Crippen molar-refractivity contribution in [2.24, 2.45) is 0 Å². The van der Waals surface area contributed by atoms with Crippen molar-refractivity contribution in [1.29, 1.82) is 0 Å². The molecule has 0 aliphatic carbocycles.